The number of fused-ring (bicyclic) bond motifs is 1. The lowest BCUT2D eigenvalue weighted by molar-refractivity contribution is 0.420. The Morgan fingerprint density at radius 1 is 1.19 bits per heavy atom. The van der Waals surface area contributed by atoms with Crippen LogP contribution in [0.3, 0.4) is 0 Å². The van der Waals surface area contributed by atoms with Gasteiger partial charge in [-0.2, -0.15) is 0 Å². The van der Waals surface area contributed by atoms with E-state index in [1.54, 1.807) is 7.11 Å². The summed E-state index contributed by atoms with van der Waals surface area (Å²) in [7, 11) is 1.63. The molecule has 4 nitrogen and oxygen atoms in total. The van der Waals surface area contributed by atoms with E-state index < -0.39 is 0 Å². The van der Waals surface area contributed by atoms with Gasteiger partial charge in [-0.05, 0) is 11.5 Å². The summed E-state index contributed by atoms with van der Waals surface area (Å²) in [6, 6.07) is 11.6. The number of ether oxygens (including phenoxy) is 1. The van der Waals surface area contributed by atoms with Crippen LogP contribution in [0.15, 0.2) is 41.4 Å². The van der Waals surface area contributed by atoms with Gasteiger partial charge >= 0.3 is 0 Å². The second-order valence-corrected chi connectivity index (χ2v) is 3.41. The lowest BCUT2D eigenvalue weighted by Crippen LogP contribution is -2.21. The average molecular weight is 215 g/mol. The van der Waals surface area contributed by atoms with E-state index in [-0.39, 0.29) is 5.96 Å². The van der Waals surface area contributed by atoms with Crippen LogP contribution in [0.25, 0.3) is 10.8 Å². The number of rotatable bonds is 2. The van der Waals surface area contributed by atoms with Gasteiger partial charge in [0.1, 0.15) is 5.75 Å². The molecule has 2 rings (SSSR count). The Morgan fingerprint density at radius 2 is 1.94 bits per heavy atom. The van der Waals surface area contributed by atoms with E-state index >= 15 is 0 Å². The number of nitrogens with zero attached hydrogens (tertiary/aromatic N) is 1. The van der Waals surface area contributed by atoms with Crippen molar-refractivity contribution in [3.05, 3.63) is 36.4 Å². The van der Waals surface area contributed by atoms with E-state index in [0.29, 0.717) is 5.69 Å². The SMILES string of the molecule is COc1cc(N=C(N)N)cc2ccccc12. The normalized spacial score (nSPS) is 10.1. The summed E-state index contributed by atoms with van der Waals surface area (Å²) in [4.78, 5) is 4.01. The summed E-state index contributed by atoms with van der Waals surface area (Å²) in [5, 5.41) is 2.08. The Labute approximate surface area is 93.5 Å². The number of benzene rings is 2. The van der Waals surface area contributed by atoms with Crippen molar-refractivity contribution in [3.8, 4) is 5.75 Å². The Kier molecular flexibility index (Phi) is 2.64. The largest absolute Gasteiger partial charge is 0.496 e. The van der Waals surface area contributed by atoms with Crippen LogP contribution in [-0.2, 0) is 0 Å². The highest BCUT2D eigenvalue weighted by Gasteiger charge is 2.03. The minimum absolute atomic E-state index is 0.0392. The predicted octanol–water partition coefficient (Wildman–Crippen LogP) is 1.75. The molecule has 0 saturated carbocycles. The molecule has 0 aliphatic heterocycles. The van der Waals surface area contributed by atoms with Crippen molar-refractivity contribution in [1.29, 1.82) is 0 Å². The monoisotopic (exact) mass is 215 g/mol. The van der Waals surface area contributed by atoms with E-state index in [0.717, 1.165) is 16.5 Å². The predicted molar refractivity (Wildman–Crippen MR) is 66.0 cm³/mol. The van der Waals surface area contributed by atoms with Crippen LogP contribution >= 0.6 is 0 Å². The molecular weight excluding hydrogens is 202 g/mol. The molecule has 0 amide bonds. The summed E-state index contributed by atoms with van der Waals surface area (Å²) in [5.41, 5.74) is 11.4. The van der Waals surface area contributed by atoms with Crippen LogP contribution in [0.2, 0.25) is 0 Å². The van der Waals surface area contributed by atoms with E-state index in [4.69, 9.17) is 16.2 Å². The number of methoxy groups -OCH3 is 1. The van der Waals surface area contributed by atoms with Crippen molar-refractivity contribution in [3.63, 3.8) is 0 Å². The molecule has 2 aromatic rings. The van der Waals surface area contributed by atoms with Crippen molar-refractivity contribution in [2.75, 3.05) is 7.11 Å². The number of nitrogens with two attached hydrogens (primary N) is 2. The molecule has 0 atom stereocenters. The van der Waals surface area contributed by atoms with Gasteiger partial charge in [0, 0.05) is 11.5 Å². The summed E-state index contributed by atoms with van der Waals surface area (Å²) in [5.74, 6) is 0.801. The molecular formula is C12H13N3O. The zero-order valence-corrected chi connectivity index (χ0v) is 8.97. The van der Waals surface area contributed by atoms with Gasteiger partial charge in [-0.25, -0.2) is 4.99 Å². The lowest BCUT2D eigenvalue weighted by Gasteiger charge is -2.06. The van der Waals surface area contributed by atoms with Gasteiger partial charge in [0.15, 0.2) is 5.96 Å². The maximum Gasteiger partial charge on any atom is 0.191 e. The second-order valence-electron chi connectivity index (χ2n) is 3.41. The molecule has 0 heterocycles. The minimum Gasteiger partial charge on any atom is -0.496 e. The highest BCUT2D eigenvalue weighted by atomic mass is 16.5. The summed E-state index contributed by atoms with van der Waals surface area (Å²) >= 11 is 0. The van der Waals surface area contributed by atoms with Gasteiger partial charge in [-0.1, -0.05) is 24.3 Å². The maximum absolute atomic E-state index is 5.35. The van der Waals surface area contributed by atoms with Crippen LogP contribution in [0, 0.1) is 0 Å². The average Bonchev–Trinajstić information content (AvgIpc) is 2.27. The molecule has 0 aromatic heterocycles. The quantitative estimate of drug-likeness (QED) is 0.592. The molecule has 0 saturated heterocycles. The zero-order chi connectivity index (χ0) is 11.5. The van der Waals surface area contributed by atoms with E-state index in [9.17, 15) is 0 Å². The molecule has 0 unspecified atom stereocenters. The molecule has 4 N–H and O–H groups in total. The van der Waals surface area contributed by atoms with Crippen molar-refractivity contribution < 1.29 is 4.74 Å². The second kappa shape index (κ2) is 4.10. The fraction of sp³-hybridized carbons (Fsp3) is 0.0833. The van der Waals surface area contributed by atoms with Crippen LogP contribution in [0.4, 0.5) is 5.69 Å². The number of guanidine groups is 1. The van der Waals surface area contributed by atoms with Crippen molar-refractivity contribution in [1.82, 2.24) is 0 Å². The first kappa shape index (κ1) is 10.3. The zero-order valence-electron chi connectivity index (χ0n) is 8.97. The first-order chi connectivity index (χ1) is 7.70. The van der Waals surface area contributed by atoms with Gasteiger partial charge in [-0.3, -0.25) is 0 Å². The van der Waals surface area contributed by atoms with Crippen molar-refractivity contribution in [2.45, 2.75) is 0 Å². The third kappa shape index (κ3) is 1.91. The molecule has 82 valence electrons. The highest BCUT2D eigenvalue weighted by Crippen LogP contribution is 2.30. The summed E-state index contributed by atoms with van der Waals surface area (Å²) in [6.07, 6.45) is 0. The van der Waals surface area contributed by atoms with Gasteiger partial charge < -0.3 is 16.2 Å². The maximum atomic E-state index is 5.35. The standard InChI is InChI=1S/C12H13N3O/c1-16-11-7-9(15-12(13)14)6-8-4-2-3-5-10(8)11/h2-7H,1H3,(H4,13,14,15). The Hall–Kier alpha value is -2.23. The Morgan fingerprint density at radius 3 is 2.62 bits per heavy atom. The van der Waals surface area contributed by atoms with Crippen molar-refractivity contribution >= 4 is 22.4 Å². The molecule has 16 heavy (non-hydrogen) atoms. The van der Waals surface area contributed by atoms with Crippen LogP contribution in [0.5, 0.6) is 5.75 Å². The molecule has 2 aromatic carbocycles. The smallest absolute Gasteiger partial charge is 0.191 e. The lowest BCUT2D eigenvalue weighted by atomic mass is 10.1. The first-order valence-electron chi connectivity index (χ1n) is 4.87. The topological polar surface area (TPSA) is 73.6 Å². The van der Waals surface area contributed by atoms with E-state index in [1.165, 1.54) is 0 Å². The fourth-order valence-electron chi connectivity index (χ4n) is 1.64. The first-order valence-corrected chi connectivity index (χ1v) is 4.87. The highest BCUT2D eigenvalue weighted by molar-refractivity contribution is 5.92. The number of hydrogen-bond donors (Lipinski definition) is 2. The molecule has 0 fully saturated rings. The third-order valence-electron chi connectivity index (χ3n) is 2.29. The van der Waals surface area contributed by atoms with Gasteiger partial charge in [0.05, 0.1) is 12.8 Å². The van der Waals surface area contributed by atoms with Crippen LogP contribution in [0.1, 0.15) is 0 Å². The van der Waals surface area contributed by atoms with E-state index in [2.05, 4.69) is 4.99 Å². The van der Waals surface area contributed by atoms with Gasteiger partial charge in [0.2, 0.25) is 0 Å². The summed E-state index contributed by atoms with van der Waals surface area (Å²) < 4.78 is 5.30. The van der Waals surface area contributed by atoms with Gasteiger partial charge in [0.25, 0.3) is 0 Å². The van der Waals surface area contributed by atoms with Crippen molar-refractivity contribution in [2.24, 2.45) is 16.5 Å². The summed E-state index contributed by atoms with van der Waals surface area (Å²) in [6.45, 7) is 0. The number of hydrogen-bond acceptors (Lipinski definition) is 2. The molecule has 0 radical (unpaired) electrons. The minimum atomic E-state index is 0.0392. The Bertz CT molecular complexity index is 545. The van der Waals surface area contributed by atoms with E-state index in [1.807, 2.05) is 36.4 Å². The van der Waals surface area contributed by atoms with Gasteiger partial charge in [-0.15, -0.1) is 0 Å². The Balaban J connectivity index is 2.68. The molecule has 0 aliphatic carbocycles. The number of aliphatic imine (C=N–C) groups is 1. The molecule has 0 bridgehead atoms. The van der Waals surface area contributed by atoms with Crippen LogP contribution < -0.4 is 16.2 Å². The molecule has 0 spiro atoms. The van der Waals surface area contributed by atoms with Crippen LogP contribution in [-0.4, -0.2) is 13.1 Å². The fourth-order valence-corrected chi connectivity index (χ4v) is 1.64. The third-order valence-corrected chi connectivity index (χ3v) is 2.29. The molecule has 0 aliphatic rings. The molecule has 4 heteroatoms.